The third-order valence-electron chi connectivity index (χ3n) is 5.11. The highest BCUT2D eigenvalue weighted by molar-refractivity contribution is 5.94. The minimum absolute atomic E-state index is 0.0185. The molecule has 0 atom stereocenters. The third-order valence-corrected chi connectivity index (χ3v) is 5.11. The molecule has 1 aromatic heterocycles. The molecule has 27 heavy (non-hydrogen) atoms. The molecule has 5 nitrogen and oxygen atoms in total. The van der Waals surface area contributed by atoms with Gasteiger partial charge in [0.1, 0.15) is 11.6 Å². The number of benzene rings is 1. The molecule has 0 radical (unpaired) electrons. The molecular weight excluding hydrogens is 338 g/mol. The average molecular weight is 367 g/mol. The number of anilines is 1. The van der Waals surface area contributed by atoms with Gasteiger partial charge in [0.25, 0.3) is 5.91 Å². The number of nitrogens with one attached hydrogen (secondary N) is 2. The molecule has 1 heterocycles. The van der Waals surface area contributed by atoms with Crippen molar-refractivity contribution < 1.29 is 9.53 Å². The predicted octanol–water partition coefficient (Wildman–Crippen LogP) is 4.20. The summed E-state index contributed by atoms with van der Waals surface area (Å²) in [6.45, 7) is 0.751. The first kappa shape index (κ1) is 19.2. The Hall–Kier alpha value is -2.56. The van der Waals surface area contributed by atoms with Gasteiger partial charge in [-0.1, -0.05) is 43.9 Å². The molecule has 1 aliphatic carbocycles. The number of nitrogens with zero attached hydrogens (tertiary/aromatic N) is 1. The van der Waals surface area contributed by atoms with E-state index in [-0.39, 0.29) is 5.91 Å². The van der Waals surface area contributed by atoms with Crippen LogP contribution in [0.4, 0.5) is 5.82 Å². The number of aromatic nitrogens is 1. The van der Waals surface area contributed by atoms with E-state index in [1.807, 2.05) is 30.3 Å². The lowest BCUT2D eigenvalue weighted by Gasteiger charge is -2.16. The van der Waals surface area contributed by atoms with Gasteiger partial charge < -0.3 is 15.4 Å². The van der Waals surface area contributed by atoms with E-state index >= 15 is 0 Å². The molecule has 144 valence electrons. The van der Waals surface area contributed by atoms with Crippen LogP contribution in [0.1, 0.15) is 54.4 Å². The first-order valence-corrected chi connectivity index (χ1v) is 9.89. The molecule has 1 aliphatic rings. The van der Waals surface area contributed by atoms with Crippen molar-refractivity contribution in [2.24, 2.45) is 0 Å². The van der Waals surface area contributed by atoms with Crippen LogP contribution in [-0.2, 0) is 6.42 Å². The number of hydrogen-bond donors (Lipinski definition) is 2. The van der Waals surface area contributed by atoms with Gasteiger partial charge in [0.05, 0.1) is 12.7 Å². The van der Waals surface area contributed by atoms with Gasteiger partial charge in [-0.3, -0.25) is 4.79 Å². The van der Waals surface area contributed by atoms with Gasteiger partial charge in [0.15, 0.2) is 0 Å². The number of carbonyl (C=O) groups excluding carboxylic acids is 1. The molecule has 0 spiro atoms. The molecule has 1 saturated carbocycles. The Morgan fingerprint density at radius 3 is 2.59 bits per heavy atom. The molecule has 5 heteroatoms. The highest BCUT2D eigenvalue weighted by Crippen LogP contribution is 2.19. The monoisotopic (exact) mass is 367 g/mol. The van der Waals surface area contributed by atoms with Crippen LogP contribution in [0.25, 0.3) is 0 Å². The number of amides is 1. The van der Waals surface area contributed by atoms with E-state index < -0.39 is 0 Å². The molecule has 0 unspecified atom stereocenters. The zero-order chi connectivity index (χ0) is 18.9. The summed E-state index contributed by atoms with van der Waals surface area (Å²) in [7, 11) is 1.69. The van der Waals surface area contributed by atoms with Crippen LogP contribution < -0.4 is 15.4 Å². The summed E-state index contributed by atoms with van der Waals surface area (Å²) >= 11 is 0. The summed E-state index contributed by atoms with van der Waals surface area (Å²) in [4.78, 5) is 16.8. The number of para-hydroxylation sites is 1. The minimum Gasteiger partial charge on any atom is -0.496 e. The SMILES string of the molecule is COc1ccccc1CCNc1ccc(C(=O)NC2CCCCCC2)cn1. The molecule has 0 bridgehead atoms. The second-order valence-electron chi connectivity index (χ2n) is 7.08. The molecule has 0 saturated heterocycles. The maximum Gasteiger partial charge on any atom is 0.253 e. The summed E-state index contributed by atoms with van der Waals surface area (Å²) in [6.07, 6.45) is 9.64. The van der Waals surface area contributed by atoms with Gasteiger partial charge in [-0.05, 0) is 43.0 Å². The predicted molar refractivity (Wildman–Crippen MR) is 108 cm³/mol. The Morgan fingerprint density at radius 1 is 1.11 bits per heavy atom. The summed E-state index contributed by atoms with van der Waals surface area (Å²) in [5.74, 6) is 1.66. The molecule has 1 fully saturated rings. The fourth-order valence-corrected chi connectivity index (χ4v) is 3.56. The Balaban J connectivity index is 1.48. The van der Waals surface area contributed by atoms with Gasteiger partial charge in [0, 0.05) is 18.8 Å². The topological polar surface area (TPSA) is 63.2 Å². The number of rotatable bonds is 7. The first-order chi connectivity index (χ1) is 13.3. The van der Waals surface area contributed by atoms with Crippen molar-refractivity contribution in [1.82, 2.24) is 10.3 Å². The van der Waals surface area contributed by atoms with Gasteiger partial charge in [-0.15, -0.1) is 0 Å². The van der Waals surface area contributed by atoms with Crippen molar-refractivity contribution >= 4 is 11.7 Å². The maximum absolute atomic E-state index is 12.4. The smallest absolute Gasteiger partial charge is 0.253 e. The Labute approximate surface area is 161 Å². The highest BCUT2D eigenvalue weighted by atomic mass is 16.5. The second-order valence-corrected chi connectivity index (χ2v) is 7.08. The normalized spacial score (nSPS) is 15.0. The summed E-state index contributed by atoms with van der Waals surface area (Å²) in [5, 5.41) is 6.46. The van der Waals surface area contributed by atoms with E-state index in [1.165, 1.54) is 25.7 Å². The van der Waals surface area contributed by atoms with Gasteiger partial charge in [0.2, 0.25) is 0 Å². The van der Waals surface area contributed by atoms with Crippen molar-refractivity contribution in [2.75, 3.05) is 19.0 Å². The number of methoxy groups -OCH3 is 1. The van der Waals surface area contributed by atoms with E-state index in [9.17, 15) is 4.79 Å². The summed E-state index contributed by atoms with van der Waals surface area (Å²) < 4.78 is 5.37. The maximum atomic E-state index is 12.4. The van der Waals surface area contributed by atoms with E-state index in [1.54, 1.807) is 13.3 Å². The average Bonchev–Trinajstić information content (AvgIpc) is 2.97. The molecule has 2 aromatic rings. The lowest BCUT2D eigenvalue weighted by Crippen LogP contribution is -2.34. The highest BCUT2D eigenvalue weighted by Gasteiger charge is 2.15. The van der Waals surface area contributed by atoms with Gasteiger partial charge in [-0.25, -0.2) is 4.98 Å². The van der Waals surface area contributed by atoms with Crippen molar-refractivity contribution in [3.63, 3.8) is 0 Å². The van der Waals surface area contributed by atoms with E-state index in [0.717, 1.165) is 42.9 Å². The third kappa shape index (κ3) is 5.71. The Kier molecular flexibility index (Phi) is 7.08. The van der Waals surface area contributed by atoms with Crippen molar-refractivity contribution in [3.05, 3.63) is 53.7 Å². The lowest BCUT2D eigenvalue weighted by molar-refractivity contribution is 0.0933. The number of ether oxygens (including phenoxy) is 1. The Morgan fingerprint density at radius 2 is 1.89 bits per heavy atom. The summed E-state index contributed by atoms with van der Waals surface area (Å²) in [5.41, 5.74) is 1.78. The van der Waals surface area contributed by atoms with Crippen molar-refractivity contribution in [2.45, 2.75) is 51.0 Å². The van der Waals surface area contributed by atoms with E-state index in [4.69, 9.17) is 4.74 Å². The second kappa shape index (κ2) is 9.95. The minimum atomic E-state index is -0.0185. The number of hydrogen-bond acceptors (Lipinski definition) is 4. The number of carbonyl (C=O) groups is 1. The van der Waals surface area contributed by atoms with Crippen molar-refractivity contribution in [1.29, 1.82) is 0 Å². The molecule has 0 aliphatic heterocycles. The summed E-state index contributed by atoms with van der Waals surface area (Å²) in [6, 6.07) is 12.0. The lowest BCUT2D eigenvalue weighted by atomic mass is 10.1. The van der Waals surface area contributed by atoms with Crippen LogP contribution >= 0.6 is 0 Å². The van der Waals surface area contributed by atoms with Crippen molar-refractivity contribution in [3.8, 4) is 5.75 Å². The molecule has 3 rings (SSSR count). The molecule has 2 N–H and O–H groups in total. The molecule has 1 amide bonds. The Bertz CT molecular complexity index is 723. The largest absolute Gasteiger partial charge is 0.496 e. The number of pyridine rings is 1. The zero-order valence-electron chi connectivity index (χ0n) is 16.0. The van der Waals surface area contributed by atoms with Crippen LogP contribution in [0, 0.1) is 0 Å². The quantitative estimate of drug-likeness (QED) is 0.720. The van der Waals surface area contributed by atoms with Crippen LogP contribution in [0.3, 0.4) is 0 Å². The van der Waals surface area contributed by atoms with Gasteiger partial charge >= 0.3 is 0 Å². The van der Waals surface area contributed by atoms with E-state index in [0.29, 0.717) is 11.6 Å². The standard InChI is InChI=1S/C22H29N3O2/c1-27-20-11-7-6-8-17(20)14-15-23-21-13-12-18(16-24-21)22(26)25-19-9-4-2-3-5-10-19/h6-8,11-13,16,19H,2-5,9-10,14-15H2,1H3,(H,23,24)(H,25,26). The van der Waals surface area contributed by atoms with Gasteiger partial charge in [-0.2, -0.15) is 0 Å². The van der Waals surface area contributed by atoms with Crippen LogP contribution in [0.2, 0.25) is 0 Å². The van der Waals surface area contributed by atoms with Crippen LogP contribution in [-0.4, -0.2) is 30.6 Å². The zero-order valence-corrected chi connectivity index (χ0v) is 16.0. The van der Waals surface area contributed by atoms with Crippen LogP contribution in [0.5, 0.6) is 5.75 Å². The fraction of sp³-hybridized carbons (Fsp3) is 0.455. The molecule has 1 aromatic carbocycles. The fourth-order valence-electron chi connectivity index (χ4n) is 3.56. The first-order valence-electron chi connectivity index (χ1n) is 9.89. The molecular formula is C22H29N3O2. The van der Waals surface area contributed by atoms with E-state index in [2.05, 4.69) is 21.7 Å². The van der Waals surface area contributed by atoms with Crippen LogP contribution in [0.15, 0.2) is 42.6 Å².